The monoisotopic (exact) mass is 380 g/mol. The molecule has 6 nitrogen and oxygen atoms in total. The number of anilines is 1. The van der Waals surface area contributed by atoms with Gasteiger partial charge in [0.1, 0.15) is 0 Å². The molecular weight excluding hydrogens is 360 g/mol. The number of nitrogens with one attached hydrogen (secondary N) is 2. The molecule has 0 spiro atoms. The van der Waals surface area contributed by atoms with Crippen molar-refractivity contribution in [2.45, 2.75) is 35.5 Å². The average Bonchev–Trinajstić information content (AvgIpc) is 2.62. The molecule has 1 aliphatic carbocycles. The summed E-state index contributed by atoms with van der Waals surface area (Å²) in [6, 6.07) is 10.9. The van der Waals surface area contributed by atoms with Crippen molar-refractivity contribution < 1.29 is 16.8 Å². The molecule has 1 aliphatic rings. The van der Waals surface area contributed by atoms with E-state index in [4.69, 9.17) is 0 Å². The van der Waals surface area contributed by atoms with E-state index in [2.05, 4.69) is 9.44 Å². The number of hydrogen-bond acceptors (Lipinski definition) is 4. The lowest BCUT2D eigenvalue weighted by Crippen LogP contribution is -2.20. The first-order chi connectivity index (χ1) is 11.8. The Labute approximate surface area is 148 Å². The molecule has 0 bridgehead atoms. The Morgan fingerprint density at radius 1 is 0.840 bits per heavy atom. The molecule has 2 aromatic rings. The van der Waals surface area contributed by atoms with Crippen molar-refractivity contribution in [2.24, 2.45) is 0 Å². The highest BCUT2D eigenvalue weighted by molar-refractivity contribution is 7.93. The van der Waals surface area contributed by atoms with Gasteiger partial charge in [-0.05, 0) is 68.1 Å². The highest BCUT2D eigenvalue weighted by atomic mass is 32.2. The SMILES string of the molecule is CNS(=O)(=O)c1cccc(S(=O)(=O)Nc2cccc3c2CCCC3)c1. The minimum absolute atomic E-state index is 0.0859. The molecule has 0 aromatic heterocycles. The summed E-state index contributed by atoms with van der Waals surface area (Å²) in [4.78, 5) is -0.176. The van der Waals surface area contributed by atoms with Crippen LogP contribution in [-0.4, -0.2) is 23.9 Å². The number of benzene rings is 2. The Balaban J connectivity index is 1.98. The molecule has 0 unspecified atom stereocenters. The second-order valence-electron chi connectivity index (χ2n) is 5.94. The quantitative estimate of drug-likeness (QED) is 0.832. The van der Waals surface area contributed by atoms with Gasteiger partial charge in [0.05, 0.1) is 15.5 Å². The molecule has 0 saturated heterocycles. The van der Waals surface area contributed by atoms with Crippen molar-refractivity contribution >= 4 is 25.7 Å². The van der Waals surface area contributed by atoms with Gasteiger partial charge in [-0.25, -0.2) is 21.6 Å². The van der Waals surface area contributed by atoms with Crippen LogP contribution in [-0.2, 0) is 32.9 Å². The molecule has 2 N–H and O–H groups in total. The third-order valence-electron chi connectivity index (χ3n) is 4.34. The molecular formula is C17H20N2O4S2. The van der Waals surface area contributed by atoms with Gasteiger partial charge in [-0.15, -0.1) is 0 Å². The van der Waals surface area contributed by atoms with Crippen molar-refractivity contribution in [1.29, 1.82) is 0 Å². The van der Waals surface area contributed by atoms with Gasteiger partial charge in [-0.2, -0.15) is 0 Å². The number of fused-ring (bicyclic) bond motifs is 1. The third kappa shape index (κ3) is 3.70. The maximum atomic E-state index is 12.7. The highest BCUT2D eigenvalue weighted by Crippen LogP contribution is 2.29. The third-order valence-corrected chi connectivity index (χ3v) is 7.11. The van der Waals surface area contributed by atoms with Crippen molar-refractivity contribution in [3.63, 3.8) is 0 Å². The summed E-state index contributed by atoms with van der Waals surface area (Å²) in [6.07, 6.45) is 3.91. The van der Waals surface area contributed by atoms with E-state index in [1.165, 1.54) is 25.2 Å². The Morgan fingerprint density at radius 2 is 1.48 bits per heavy atom. The first kappa shape index (κ1) is 17.9. The summed E-state index contributed by atoms with van der Waals surface area (Å²) < 4.78 is 54.1. The molecule has 0 amide bonds. The number of sulfonamides is 2. The zero-order valence-corrected chi connectivity index (χ0v) is 15.5. The van der Waals surface area contributed by atoms with Gasteiger partial charge < -0.3 is 0 Å². The normalized spacial score (nSPS) is 14.8. The lowest BCUT2D eigenvalue weighted by molar-refractivity contribution is 0.588. The molecule has 0 atom stereocenters. The first-order valence-corrected chi connectivity index (χ1v) is 11.0. The van der Waals surface area contributed by atoms with Gasteiger partial charge in [-0.3, -0.25) is 4.72 Å². The molecule has 0 saturated carbocycles. The van der Waals surface area contributed by atoms with E-state index in [-0.39, 0.29) is 9.79 Å². The van der Waals surface area contributed by atoms with E-state index >= 15 is 0 Å². The molecule has 8 heteroatoms. The van der Waals surface area contributed by atoms with Crippen molar-refractivity contribution in [3.05, 3.63) is 53.6 Å². The van der Waals surface area contributed by atoms with Gasteiger partial charge >= 0.3 is 0 Å². The van der Waals surface area contributed by atoms with Crippen LogP contribution in [0, 0.1) is 0 Å². The second-order valence-corrected chi connectivity index (χ2v) is 9.51. The van der Waals surface area contributed by atoms with E-state index in [1.54, 1.807) is 6.07 Å². The van der Waals surface area contributed by atoms with Crippen LogP contribution in [0.2, 0.25) is 0 Å². The van der Waals surface area contributed by atoms with Gasteiger partial charge in [0, 0.05) is 0 Å². The van der Waals surface area contributed by atoms with Crippen LogP contribution in [0.5, 0.6) is 0 Å². The Kier molecular flexibility index (Phi) is 4.86. The summed E-state index contributed by atoms with van der Waals surface area (Å²) >= 11 is 0. The highest BCUT2D eigenvalue weighted by Gasteiger charge is 2.21. The lowest BCUT2D eigenvalue weighted by Gasteiger charge is -2.20. The maximum absolute atomic E-state index is 12.7. The van der Waals surface area contributed by atoms with E-state index in [9.17, 15) is 16.8 Å². The van der Waals surface area contributed by atoms with Crippen LogP contribution >= 0.6 is 0 Å². The van der Waals surface area contributed by atoms with E-state index < -0.39 is 20.0 Å². The van der Waals surface area contributed by atoms with Crippen LogP contribution in [0.3, 0.4) is 0 Å². The minimum atomic E-state index is -3.88. The fraction of sp³-hybridized carbons (Fsp3) is 0.294. The second kappa shape index (κ2) is 6.78. The van der Waals surface area contributed by atoms with Crippen LogP contribution in [0.25, 0.3) is 0 Å². The smallest absolute Gasteiger partial charge is 0.261 e. The zero-order valence-electron chi connectivity index (χ0n) is 13.8. The van der Waals surface area contributed by atoms with E-state index in [0.717, 1.165) is 42.9 Å². The van der Waals surface area contributed by atoms with Crippen LogP contribution in [0.15, 0.2) is 52.3 Å². The van der Waals surface area contributed by atoms with E-state index in [1.807, 2.05) is 12.1 Å². The predicted molar refractivity (Wildman–Crippen MR) is 96.6 cm³/mol. The van der Waals surface area contributed by atoms with Crippen LogP contribution in [0.4, 0.5) is 5.69 Å². The molecule has 25 heavy (non-hydrogen) atoms. The molecule has 3 rings (SSSR count). The Bertz CT molecular complexity index is 999. The van der Waals surface area contributed by atoms with Crippen molar-refractivity contribution in [2.75, 3.05) is 11.8 Å². The Morgan fingerprint density at radius 3 is 2.20 bits per heavy atom. The minimum Gasteiger partial charge on any atom is -0.279 e. The summed E-state index contributed by atoms with van der Waals surface area (Å²) in [5.74, 6) is 0. The zero-order chi connectivity index (χ0) is 18.1. The average molecular weight is 380 g/mol. The predicted octanol–water partition coefficient (Wildman–Crippen LogP) is 2.27. The topological polar surface area (TPSA) is 92.3 Å². The number of rotatable bonds is 5. The lowest BCUT2D eigenvalue weighted by atomic mass is 9.91. The van der Waals surface area contributed by atoms with E-state index in [0.29, 0.717) is 5.69 Å². The van der Waals surface area contributed by atoms with Crippen molar-refractivity contribution in [1.82, 2.24) is 4.72 Å². The molecule has 134 valence electrons. The fourth-order valence-corrected chi connectivity index (χ4v) is 5.00. The van der Waals surface area contributed by atoms with Gasteiger partial charge in [0.25, 0.3) is 10.0 Å². The fourth-order valence-electron chi connectivity index (χ4n) is 3.01. The largest absolute Gasteiger partial charge is 0.279 e. The van der Waals surface area contributed by atoms with Gasteiger partial charge in [0.15, 0.2) is 0 Å². The Hall–Kier alpha value is -1.90. The molecule has 0 aliphatic heterocycles. The summed E-state index contributed by atoms with van der Waals surface area (Å²) in [5, 5.41) is 0. The molecule has 0 radical (unpaired) electrons. The molecule has 0 fully saturated rings. The maximum Gasteiger partial charge on any atom is 0.261 e. The first-order valence-electron chi connectivity index (χ1n) is 8.01. The number of hydrogen-bond donors (Lipinski definition) is 2. The standard InChI is InChI=1S/C17H20N2O4S2/c1-18-24(20,21)14-8-5-9-15(12-14)25(22,23)19-17-11-4-7-13-6-2-3-10-16(13)17/h4-5,7-9,11-12,18-19H,2-3,6,10H2,1H3. The number of aryl methyl sites for hydroxylation is 1. The van der Waals surface area contributed by atoms with Gasteiger partial charge in [0.2, 0.25) is 10.0 Å². The summed E-state index contributed by atoms with van der Waals surface area (Å²) in [5.41, 5.74) is 2.76. The van der Waals surface area contributed by atoms with Crippen LogP contribution < -0.4 is 9.44 Å². The van der Waals surface area contributed by atoms with Crippen LogP contribution in [0.1, 0.15) is 24.0 Å². The van der Waals surface area contributed by atoms with Gasteiger partial charge in [-0.1, -0.05) is 18.2 Å². The molecule has 0 heterocycles. The van der Waals surface area contributed by atoms with Crippen molar-refractivity contribution in [3.8, 4) is 0 Å². The molecule has 2 aromatic carbocycles. The summed E-state index contributed by atoms with van der Waals surface area (Å²) in [7, 11) is -6.31. The summed E-state index contributed by atoms with van der Waals surface area (Å²) in [6.45, 7) is 0.